The van der Waals surface area contributed by atoms with Gasteiger partial charge in [-0.2, -0.15) is 0 Å². The van der Waals surface area contributed by atoms with Crippen molar-refractivity contribution in [1.82, 2.24) is 0 Å². The summed E-state index contributed by atoms with van der Waals surface area (Å²) >= 11 is 0. The lowest BCUT2D eigenvalue weighted by Crippen LogP contribution is -2.12. The van der Waals surface area contributed by atoms with Gasteiger partial charge in [0.1, 0.15) is 11.5 Å². The van der Waals surface area contributed by atoms with Crippen molar-refractivity contribution in [2.75, 3.05) is 31.4 Å². The second kappa shape index (κ2) is 11.0. The highest BCUT2D eigenvalue weighted by molar-refractivity contribution is 7.91. The van der Waals surface area contributed by atoms with Gasteiger partial charge >= 0.3 is 5.97 Å². The molecule has 0 aromatic heterocycles. The topological polar surface area (TPSA) is 84.9 Å². The van der Waals surface area contributed by atoms with Crippen LogP contribution in [-0.4, -0.2) is 35.6 Å². The van der Waals surface area contributed by atoms with Crippen molar-refractivity contribution in [3.8, 4) is 11.5 Å². The molecule has 1 N–H and O–H groups in total. The molecular weight excluding hydrogens is 500 g/mol. The molecule has 0 radical (unpaired) electrons. The van der Waals surface area contributed by atoms with Gasteiger partial charge in [-0.3, -0.25) is 0 Å². The lowest BCUT2D eigenvalue weighted by atomic mass is 10.1. The van der Waals surface area contributed by atoms with Crippen molar-refractivity contribution in [2.24, 2.45) is 0 Å². The third-order valence-corrected chi connectivity index (χ3v) is 7.95. The van der Waals surface area contributed by atoms with Gasteiger partial charge in [-0.25, -0.2) is 13.2 Å². The Bertz CT molecular complexity index is 1560. The highest BCUT2D eigenvalue weighted by atomic mass is 32.2. The quantitative estimate of drug-likeness (QED) is 0.215. The number of esters is 1. The molecule has 38 heavy (non-hydrogen) atoms. The number of carbonyl (C=O) groups excluding carboxylic acids is 1. The Morgan fingerprint density at radius 3 is 2.13 bits per heavy atom. The van der Waals surface area contributed by atoms with Gasteiger partial charge < -0.3 is 19.7 Å². The summed E-state index contributed by atoms with van der Waals surface area (Å²) in [5.74, 6) is 0.594. The Kier molecular flexibility index (Phi) is 7.73. The summed E-state index contributed by atoms with van der Waals surface area (Å²) < 4.78 is 38.0. The summed E-state index contributed by atoms with van der Waals surface area (Å²) in [5.41, 5.74) is 3.82. The SMILES string of the molecule is COc1ccc(C(=O)Oc2cc(C)c(Nc3ccc(N(C)C)cc3S(=O)(=O)c3ccccc3)cc2C)cc1. The standard InChI is InChI=1S/C30H30N2O5S/c1-20-18-28(37-30(33)22-11-14-24(36-5)15-12-22)21(2)17-27(20)31-26-16-13-23(32(3)4)19-29(26)38(34,35)25-9-7-6-8-10-25/h6-19,31H,1-5H3. The molecule has 0 atom stereocenters. The van der Waals surface area contributed by atoms with Crippen LogP contribution in [0.15, 0.2) is 94.7 Å². The number of nitrogens with zero attached hydrogens (tertiary/aromatic N) is 1. The first kappa shape index (κ1) is 26.8. The lowest BCUT2D eigenvalue weighted by Gasteiger charge is -2.19. The number of aryl methyl sites for hydroxylation is 2. The fourth-order valence-electron chi connectivity index (χ4n) is 3.91. The highest BCUT2D eigenvalue weighted by Crippen LogP contribution is 2.35. The number of hydrogen-bond acceptors (Lipinski definition) is 7. The first-order valence-corrected chi connectivity index (χ1v) is 13.4. The van der Waals surface area contributed by atoms with E-state index in [4.69, 9.17) is 9.47 Å². The molecule has 0 saturated heterocycles. The van der Waals surface area contributed by atoms with Crippen molar-refractivity contribution in [2.45, 2.75) is 23.6 Å². The maximum absolute atomic E-state index is 13.6. The van der Waals surface area contributed by atoms with Crippen molar-refractivity contribution >= 4 is 32.9 Å². The van der Waals surface area contributed by atoms with Gasteiger partial charge in [-0.05, 0) is 91.7 Å². The number of carbonyl (C=O) groups is 1. The van der Waals surface area contributed by atoms with Crippen LogP contribution in [0.1, 0.15) is 21.5 Å². The summed E-state index contributed by atoms with van der Waals surface area (Å²) in [6.45, 7) is 3.70. The zero-order valence-electron chi connectivity index (χ0n) is 22.0. The van der Waals surface area contributed by atoms with E-state index < -0.39 is 15.8 Å². The summed E-state index contributed by atoms with van der Waals surface area (Å²) in [4.78, 5) is 14.9. The number of hydrogen-bond donors (Lipinski definition) is 1. The Labute approximate surface area is 223 Å². The maximum Gasteiger partial charge on any atom is 0.343 e. The number of sulfone groups is 1. The third-order valence-electron chi connectivity index (χ3n) is 6.14. The van der Waals surface area contributed by atoms with Gasteiger partial charge in [0.05, 0.1) is 28.2 Å². The Balaban J connectivity index is 1.66. The van der Waals surface area contributed by atoms with Crippen LogP contribution < -0.4 is 19.7 Å². The average Bonchev–Trinajstić information content (AvgIpc) is 2.92. The number of rotatable bonds is 8. The summed E-state index contributed by atoms with van der Waals surface area (Å²) in [5, 5.41) is 3.30. The van der Waals surface area contributed by atoms with Gasteiger partial charge in [0.2, 0.25) is 9.84 Å². The second-order valence-electron chi connectivity index (χ2n) is 9.07. The molecule has 0 aliphatic rings. The van der Waals surface area contributed by atoms with E-state index in [0.29, 0.717) is 28.4 Å². The first-order chi connectivity index (χ1) is 18.1. The van der Waals surface area contributed by atoms with Crippen LogP contribution in [0.5, 0.6) is 11.5 Å². The van der Waals surface area contributed by atoms with Gasteiger partial charge in [0.25, 0.3) is 0 Å². The van der Waals surface area contributed by atoms with Crippen LogP contribution in [0.2, 0.25) is 0 Å². The van der Waals surface area contributed by atoms with Crippen LogP contribution in [0.4, 0.5) is 17.1 Å². The molecule has 0 unspecified atom stereocenters. The fraction of sp³-hybridized carbons (Fsp3) is 0.167. The Morgan fingerprint density at radius 2 is 1.50 bits per heavy atom. The van der Waals surface area contributed by atoms with E-state index >= 15 is 0 Å². The summed E-state index contributed by atoms with van der Waals surface area (Å²) in [7, 11) is 1.49. The van der Waals surface area contributed by atoms with E-state index in [1.54, 1.807) is 79.9 Å². The molecule has 0 bridgehead atoms. The van der Waals surface area contributed by atoms with E-state index in [-0.39, 0.29) is 9.79 Å². The molecular formula is C30H30N2O5S. The number of benzene rings is 4. The summed E-state index contributed by atoms with van der Waals surface area (Å²) in [6.07, 6.45) is 0. The van der Waals surface area contributed by atoms with Crippen molar-refractivity contribution in [1.29, 1.82) is 0 Å². The van der Waals surface area contributed by atoms with Crippen LogP contribution in [0, 0.1) is 13.8 Å². The second-order valence-corrected chi connectivity index (χ2v) is 11.0. The first-order valence-electron chi connectivity index (χ1n) is 12.0. The predicted octanol–water partition coefficient (Wildman–Crippen LogP) is 6.17. The molecule has 0 amide bonds. The van der Waals surface area contributed by atoms with E-state index in [2.05, 4.69) is 5.32 Å². The molecule has 0 saturated carbocycles. The smallest absolute Gasteiger partial charge is 0.343 e. The van der Waals surface area contributed by atoms with Crippen LogP contribution >= 0.6 is 0 Å². The molecule has 0 spiro atoms. The average molecular weight is 531 g/mol. The van der Waals surface area contributed by atoms with E-state index in [0.717, 1.165) is 16.8 Å². The minimum atomic E-state index is -3.80. The molecule has 0 fully saturated rings. The van der Waals surface area contributed by atoms with E-state index in [1.165, 1.54) is 0 Å². The van der Waals surface area contributed by atoms with Gasteiger partial charge in [-0.1, -0.05) is 18.2 Å². The summed E-state index contributed by atoms with van der Waals surface area (Å²) in [6, 6.07) is 23.9. The van der Waals surface area contributed by atoms with Crippen LogP contribution in [0.3, 0.4) is 0 Å². The monoisotopic (exact) mass is 530 g/mol. The number of methoxy groups -OCH3 is 1. The third kappa shape index (κ3) is 5.65. The maximum atomic E-state index is 13.6. The lowest BCUT2D eigenvalue weighted by molar-refractivity contribution is 0.0733. The normalized spacial score (nSPS) is 11.1. The van der Waals surface area contributed by atoms with Gasteiger partial charge in [-0.15, -0.1) is 0 Å². The Hall–Kier alpha value is -4.30. The minimum absolute atomic E-state index is 0.168. The van der Waals surface area contributed by atoms with Gasteiger partial charge in [0, 0.05) is 25.5 Å². The number of ether oxygens (including phenoxy) is 2. The van der Waals surface area contributed by atoms with E-state index in [9.17, 15) is 13.2 Å². The molecule has 4 aromatic rings. The molecule has 7 nitrogen and oxygen atoms in total. The van der Waals surface area contributed by atoms with Crippen molar-refractivity contribution < 1.29 is 22.7 Å². The number of anilines is 3. The zero-order chi connectivity index (χ0) is 27.4. The van der Waals surface area contributed by atoms with Crippen molar-refractivity contribution in [3.63, 3.8) is 0 Å². The minimum Gasteiger partial charge on any atom is -0.497 e. The Morgan fingerprint density at radius 1 is 0.816 bits per heavy atom. The van der Waals surface area contributed by atoms with Crippen LogP contribution in [0.25, 0.3) is 0 Å². The molecule has 0 aliphatic heterocycles. The highest BCUT2D eigenvalue weighted by Gasteiger charge is 2.23. The largest absolute Gasteiger partial charge is 0.497 e. The molecule has 196 valence electrons. The van der Waals surface area contributed by atoms with Gasteiger partial charge in [0.15, 0.2) is 0 Å². The predicted molar refractivity (Wildman–Crippen MR) is 150 cm³/mol. The molecule has 8 heteroatoms. The molecule has 0 aliphatic carbocycles. The zero-order valence-corrected chi connectivity index (χ0v) is 22.8. The fourth-order valence-corrected chi connectivity index (χ4v) is 5.36. The molecule has 4 aromatic carbocycles. The van der Waals surface area contributed by atoms with Crippen LogP contribution in [-0.2, 0) is 9.84 Å². The molecule has 0 heterocycles. The number of nitrogens with one attached hydrogen (secondary N) is 1. The van der Waals surface area contributed by atoms with Crippen molar-refractivity contribution in [3.05, 3.63) is 102 Å². The van der Waals surface area contributed by atoms with E-state index in [1.807, 2.05) is 45.0 Å². The molecule has 4 rings (SSSR count).